The quantitative estimate of drug-likeness (QED) is 0.823. The van der Waals surface area contributed by atoms with Gasteiger partial charge in [0.05, 0.1) is 11.8 Å². The molecule has 0 fully saturated rings. The van der Waals surface area contributed by atoms with Crippen LogP contribution in [0.15, 0.2) is 35.7 Å². The second-order valence-corrected chi connectivity index (χ2v) is 7.86. The van der Waals surface area contributed by atoms with E-state index >= 15 is 0 Å². The van der Waals surface area contributed by atoms with Crippen molar-refractivity contribution >= 4 is 11.9 Å². The van der Waals surface area contributed by atoms with E-state index < -0.39 is 17.8 Å². The standard InChI is InChI=1S/C20H26N2O3/c1-20(2)7-3-6-14-9-15(16(19(24)25)10-17(14)20)18(23)22-12-13-5-4-8-21-11-13/h4-5,8,11,15-16H,3,6-7,9-10,12H2,1-2H3,(H,22,23)(H,24,25)/t15-,16-/m0/s1. The summed E-state index contributed by atoms with van der Waals surface area (Å²) in [6.07, 6.45) is 7.68. The molecule has 0 aliphatic heterocycles. The number of aliphatic carboxylic acids is 1. The molecule has 0 saturated heterocycles. The summed E-state index contributed by atoms with van der Waals surface area (Å²) in [5.41, 5.74) is 3.56. The molecule has 2 aliphatic carbocycles. The van der Waals surface area contributed by atoms with Crippen LogP contribution in [-0.2, 0) is 16.1 Å². The van der Waals surface area contributed by atoms with E-state index in [1.54, 1.807) is 12.4 Å². The van der Waals surface area contributed by atoms with Gasteiger partial charge in [0.2, 0.25) is 5.91 Å². The lowest BCUT2D eigenvalue weighted by atomic mass is 9.63. The average Bonchev–Trinajstić information content (AvgIpc) is 2.59. The Labute approximate surface area is 148 Å². The molecule has 0 spiro atoms. The van der Waals surface area contributed by atoms with Crippen LogP contribution in [0.1, 0.15) is 51.5 Å². The van der Waals surface area contributed by atoms with Crippen molar-refractivity contribution in [3.05, 3.63) is 41.2 Å². The maximum absolute atomic E-state index is 12.7. The molecule has 5 nitrogen and oxygen atoms in total. The molecule has 2 N–H and O–H groups in total. The molecule has 5 heteroatoms. The van der Waals surface area contributed by atoms with E-state index in [-0.39, 0.29) is 11.3 Å². The first-order valence-corrected chi connectivity index (χ1v) is 8.99. The number of carboxylic acid groups (broad SMARTS) is 1. The number of allylic oxidation sites excluding steroid dienone is 2. The van der Waals surface area contributed by atoms with Crippen molar-refractivity contribution in [2.24, 2.45) is 17.3 Å². The zero-order chi connectivity index (χ0) is 18.0. The molecule has 2 aliphatic rings. The Morgan fingerprint density at radius 1 is 1.32 bits per heavy atom. The van der Waals surface area contributed by atoms with Crippen molar-refractivity contribution < 1.29 is 14.7 Å². The smallest absolute Gasteiger partial charge is 0.307 e. The Hall–Kier alpha value is -2.17. The minimum Gasteiger partial charge on any atom is -0.481 e. The molecule has 25 heavy (non-hydrogen) atoms. The van der Waals surface area contributed by atoms with Gasteiger partial charge in [0.1, 0.15) is 0 Å². The van der Waals surface area contributed by atoms with Crippen molar-refractivity contribution in [2.45, 2.75) is 52.5 Å². The summed E-state index contributed by atoms with van der Waals surface area (Å²) >= 11 is 0. The Bertz CT molecular complexity index is 694. The predicted molar refractivity (Wildman–Crippen MR) is 94.6 cm³/mol. The fourth-order valence-corrected chi connectivity index (χ4v) is 4.30. The van der Waals surface area contributed by atoms with Gasteiger partial charge in [-0.2, -0.15) is 0 Å². The highest BCUT2D eigenvalue weighted by Gasteiger charge is 2.43. The molecule has 1 amide bonds. The molecular weight excluding hydrogens is 316 g/mol. The number of carboxylic acids is 1. The Balaban J connectivity index is 1.76. The molecule has 0 aromatic carbocycles. The molecule has 0 unspecified atom stereocenters. The number of nitrogens with zero attached hydrogens (tertiary/aromatic N) is 1. The van der Waals surface area contributed by atoms with Crippen LogP contribution in [0.4, 0.5) is 0 Å². The van der Waals surface area contributed by atoms with E-state index in [0.29, 0.717) is 19.4 Å². The summed E-state index contributed by atoms with van der Waals surface area (Å²) in [4.78, 5) is 28.6. The Kier molecular flexibility index (Phi) is 4.93. The van der Waals surface area contributed by atoms with Gasteiger partial charge < -0.3 is 10.4 Å². The van der Waals surface area contributed by atoms with E-state index in [1.807, 2.05) is 12.1 Å². The molecule has 1 heterocycles. The first-order chi connectivity index (χ1) is 11.9. The minimum absolute atomic E-state index is 0.0540. The highest BCUT2D eigenvalue weighted by molar-refractivity contribution is 5.85. The van der Waals surface area contributed by atoms with Gasteiger partial charge in [-0.15, -0.1) is 0 Å². The maximum Gasteiger partial charge on any atom is 0.307 e. The zero-order valence-corrected chi connectivity index (χ0v) is 14.9. The maximum atomic E-state index is 12.7. The van der Waals surface area contributed by atoms with E-state index in [1.165, 1.54) is 11.1 Å². The van der Waals surface area contributed by atoms with Crippen molar-refractivity contribution in [1.82, 2.24) is 10.3 Å². The lowest BCUT2D eigenvalue weighted by molar-refractivity contribution is -0.147. The van der Waals surface area contributed by atoms with Crippen LogP contribution < -0.4 is 5.32 Å². The van der Waals surface area contributed by atoms with Crippen LogP contribution in [0.3, 0.4) is 0 Å². The Morgan fingerprint density at radius 3 is 2.80 bits per heavy atom. The molecule has 1 aromatic heterocycles. The monoisotopic (exact) mass is 342 g/mol. The fourth-order valence-electron chi connectivity index (χ4n) is 4.30. The van der Waals surface area contributed by atoms with Crippen LogP contribution in [0.25, 0.3) is 0 Å². The molecular formula is C20H26N2O3. The van der Waals surface area contributed by atoms with Gasteiger partial charge in [-0.05, 0) is 49.1 Å². The lowest BCUT2D eigenvalue weighted by Gasteiger charge is -2.42. The molecule has 3 rings (SSSR count). The summed E-state index contributed by atoms with van der Waals surface area (Å²) in [6, 6.07) is 3.72. The highest BCUT2D eigenvalue weighted by Crippen LogP contribution is 2.49. The number of amides is 1. The summed E-state index contributed by atoms with van der Waals surface area (Å²) < 4.78 is 0. The van der Waals surface area contributed by atoms with Gasteiger partial charge in [-0.1, -0.05) is 31.1 Å². The van der Waals surface area contributed by atoms with E-state index in [4.69, 9.17) is 0 Å². The first kappa shape index (κ1) is 17.6. The number of hydrogen-bond donors (Lipinski definition) is 2. The SMILES string of the molecule is CC1(C)CCCC2=C1C[C@H](C(=O)O)[C@@H](C(=O)NCc1cccnc1)C2. The zero-order valence-electron chi connectivity index (χ0n) is 14.9. The summed E-state index contributed by atoms with van der Waals surface area (Å²) in [7, 11) is 0. The van der Waals surface area contributed by atoms with Crippen LogP contribution in [-0.4, -0.2) is 22.0 Å². The third-order valence-electron chi connectivity index (χ3n) is 5.74. The molecule has 0 radical (unpaired) electrons. The van der Waals surface area contributed by atoms with Gasteiger partial charge >= 0.3 is 5.97 Å². The largest absolute Gasteiger partial charge is 0.481 e. The van der Waals surface area contributed by atoms with Gasteiger partial charge in [-0.25, -0.2) is 0 Å². The Morgan fingerprint density at radius 2 is 2.12 bits per heavy atom. The molecule has 134 valence electrons. The van der Waals surface area contributed by atoms with Gasteiger partial charge in [-0.3, -0.25) is 14.6 Å². The van der Waals surface area contributed by atoms with Gasteiger partial charge in [0, 0.05) is 18.9 Å². The first-order valence-electron chi connectivity index (χ1n) is 8.99. The van der Waals surface area contributed by atoms with E-state index in [2.05, 4.69) is 24.1 Å². The number of pyridine rings is 1. The summed E-state index contributed by atoms with van der Waals surface area (Å²) in [6.45, 7) is 4.78. The van der Waals surface area contributed by atoms with Crippen molar-refractivity contribution in [1.29, 1.82) is 0 Å². The van der Waals surface area contributed by atoms with Crippen LogP contribution in [0.5, 0.6) is 0 Å². The number of nitrogens with one attached hydrogen (secondary N) is 1. The van der Waals surface area contributed by atoms with Gasteiger partial charge in [0.15, 0.2) is 0 Å². The van der Waals surface area contributed by atoms with Crippen LogP contribution >= 0.6 is 0 Å². The number of carbonyl (C=O) groups is 2. The van der Waals surface area contributed by atoms with E-state index in [0.717, 1.165) is 24.8 Å². The summed E-state index contributed by atoms with van der Waals surface area (Å²) in [5.74, 6) is -2.15. The number of aromatic nitrogens is 1. The lowest BCUT2D eigenvalue weighted by Crippen LogP contribution is -2.42. The van der Waals surface area contributed by atoms with Crippen molar-refractivity contribution in [2.75, 3.05) is 0 Å². The second-order valence-electron chi connectivity index (χ2n) is 7.86. The number of carbonyl (C=O) groups excluding carboxylic acids is 1. The minimum atomic E-state index is -0.866. The normalized spacial score (nSPS) is 25.2. The van der Waals surface area contributed by atoms with E-state index in [9.17, 15) is 14.7 Å². The van der Waals surface area contributed by atoms with Crippen molar-refractivity contribution in [3.63, 3.8) is 0 Å². The predicted octanol–water partition coefficient (Wildman–Crippen LogP) is 3.32. The van der Waals surface area contributed by atoms with Gasteiger partial charge in [0.25, 0.3) is 0 Å². The average molecular weight is 342 g/mol. The second kappa shape index (κ2) is 6.98. The highest BCUT2D eigenvalue weighted by atomic mass is 16.4. The third-order valence-corrected chi connectivity index (χ3v) is 5.74. The summed E-state index contributed by atoms with van der Waals surface area (Å²) in [5, 5.41) is 12.6. The third kappa shape index (κ3) is 3.75. The van der Waals surface area contributed by atoms with Crippen molar-refractivity contribution in [3.8, 4) is 0 Å². The molecule has 1 aromatic rings. The topological polar surface area (TPSA) is 79.3 Å². The van der Waals surface area contributed by atoms with Crippen LogP contribution in [0.2, 0.25) is 0 Å². The van der Waals surface area contributed by atoms with Crippen LogP contribution in [0, 0.1) is 17.3 Å². The molecule has 0 bridgehead atoms. The number of hydrogen-bond acceptors (Lipinski definition) is 3. The number of rotatable bonds is 4. The molecule has 2 atom stereocenters. The molecule has 0 saturated carbocycles. The fraction of sp³-hybridized carbons (Fsp3) is 0.550.